The van der Waals surface area contributed by atoms with E-state index >= 15 is 0 Å². The third kappa shape index (κ3) is 4.24. The Labute approximate surface area is 159 Å². The molecule has 3 aromatic rings. The maximum absolute atomic E-state index is 13.1. The highest BCUT2D eigenvalue weighted by molar-refractivity contribution is 6.29. The minimum atomic E-state index is -0.359. The van der Waals surface area contributed by atoms with Gasteiger partial charge in [0.25, 0.3) is 0 Å². The molecule has 10 heteroatoms. The van der Waals surface area contributed by atoms with Crippen LogP contribution in [-0.4, -0.2) is 26.3 Å². The fourth-order valence-electron chi connectivity index (χ4n) is 2.55. The van der Waals surface area contributed by atoms with Crippen LogP contribution < -0.4 is 16.8 Å². The molecule has 0 radical (unpaired) electrons. The number of nitriles is 1. The lowest BCUT2D eigenvalue weighted by Gasteiger charge is -2.05. The van der Waals surface area contributed by atoms with Crippen LogP contribution in [-0.2, 0) is 6.42 Å². The fraction of sp³-hybridized carbons (Fsp3) is 0.176. The van der Waals surface area contributed by atoms with E-state index in [9.17, 15) is 9.65 Å². The Bertz CT molecular complexity index is 973. The normalized spacial score (nSPS) is 10.6. The number of nitrogens with one attached hydrogen (secondary N) is 1. The van der Waals surface area contributed by atoms with Gasteiger partial charge in [0.05, 0.1) is 11.4 Å². The van der Waals surface area contributed by atoms with Crippen molar-refractivity contribution >= 4 is 29.2 Å². The van der Waals surface area contributed by atoms with Crippen molar-refractivity contribution in [2.24, 2.45) is 0 Å². The average Bonchev–Trinajstić information content (AvgIpc) is 2.94. The molecule has 0 bridgehead atoms. The van der Waals surface area contributed by atoms with Crippen molar-refractivity contribution in [1.29, 1.82) is 5.26 Å². The van der Waals surface area contributed by atoms with Gasteiger partial charge in [-0.25, -0.2) is 14.1 Å². The number of nitrogens with zero attached hydrogens (tertiary/aromatic N) is 5. The molecular weight excluding hydrogens is 371 g/mol. The first-order valence-electron chi connectivity index (χ1n) is 8.05. The van der Waals surface area contributed by atoms with E-state index in [-0.39, 0.29) is 22.7 Å². The highest BCUT2D eigenvalue weighted by Crippen LogP contribution is 2.22. The Morgan fingerprint density at radius 1 is 1.22 bits per heavy atom. The number of nitrogens with two attached hydrogens (primary N) is 2. The van der Waals surface area contributed by atoms with Crippen LogP contribution in [0.3, 0.4) is 0 Å². The smallest absolute Gasteiger partial charge is 0.223 e. The number of hydrogen-bond acceptors (Lipinski definition) is 7. The Kier molecular flexibility index (Phi) is 5.38. The molecule has 0 saturated carbocycles. The van der Waals surface area contributed by atoms with E-state index in [0.717, 1.165) is 0 Å². The Balaban J connectivity index is 1.69. The van der Waals surface area contributed by atoms with E-state index in [2.05, 4.69) is 26.5 Å². The van der Waals surface area contributed by atoms with E-state index in [1.807, 2.05) is 0 Å². The highest BCUT2D eigenvalue weighted by Gasteiger charge is 2.16. The van der Waals surface area contributed by atoms with E-state index in [4.69, 9.17) is 23.1 Å². The van der Waals surface area contributed by atoms with Crippen molar-refractivity contribution < 1.29 is 4.39 Å². The largest absolute Gasteiger partial charge is 0.382 e. The van der Waals surface area contributed by atoms with Crippen molar-refractivity contribution in [3.63, 3.8) is 0 Å². The first-order chi connectivity index (χ1) is 13.0. The summed E-state index contributed by atoms with van der Waals surface area (Å²) in [6, 6.07) is 9.37. The van der Waals surface area contributed by atoms with Crippen molar-refractivity contribution in [2.75, 3.05) is 23.3 Å². The van der Waals surface area contributed by atoms with Gasteiger partial charge in [-0.05, 0) is 37.1 Å². The topological polar surface area (TPSA) is 131 Å². The number of benzene rings is 1. The summed E-state index contributed by atoms with van der Waals surface area (Å²) in [7, 11) is 0. The van der Waals surface area contributed by atoms with Crippen molar-refractivity contribution in [3.8, 4) is 11.8 Å². The van der Waals surface area contributed by atoms with Gasteiger partial charge in [0, 0.05) is 12.6 Å². The van der Waals surface area contributed by atoms with Gasteiger partial charge in [0.2, 0.25) is 5.95 Å². The highest BCUT2D eigenvalue weighted by atomic mass is 35.5. The standard InChI is InChI=1S/C17H16ClFN8/c18-14-8-15(25-17(22)24-14)23-7-1-2-13-12(9-20)16(21)27(26-13)11-5-3-10(19)4-6-11/h3-6,8H,1-2,7,21H2,(H3,22,23,24,25). The summed E-state index contributed by atoms with van der Waals surface area (Å²) < 4.78 is 14.5. The predicted molar refractivity (Wildman–Crippen MR) is 101 cm³/mol. The molecule has 0 amide bonds. The molecule has 0 atom stereocenters. The second kappa shape index (κ2) is 7.88. The van der Waals surface area contributed by atoms with Crippen LogP contribution in [0.5, 0.6) is 0 Å². The molecule has 0 saturated heterocycles. The van der Waals surface area contributed by atoms with Gasteiger partial charge in [0.1, 0.15) is 34.2 Å². The number of aromatic nitrogens is 4. The van der Waals surface area contributed by atoms with E-state index in [0.29, 0.717) is 42.1 Å². The van der Waals surface area contributed by atoms with Crippen LogP contribution in [0.25, 0.3) is 5.69 Å². The van der Waals surface area contributed by atoms with Crippen molar-refractivity contribution in [1.82, 2.24) is 19.7 Å². The quantitative estimate of drug-likeness (QED) is 0.438. The number of aryl methyl sites for hydroxylation is 1. The maximum Gasteiger partial charge on any atom is 0.223 e. The average molecular weight is 387 g/mol. The van der Waals surface area contributed by atoms with Crippen LogP contribution in [0.1, 0.15) is 17.7 Å². The first kappa shape index (κ1) is 18.4. The molecule has 0 aliphatic rings. The minimum absolute atomic E-state index is 0.0857. The van der Waals surface area contributed by atoms with E-state index < -0.39 is 0 Å². The summed E-state index contributed by atoms with van der Waals surface area (Å²) in [4.78, 5) is 7.81. The second-order valence-electron chi connectivity index (χ2n) is 5.67. The summed E-state index contributed by atoms with van der Waals surface area (Å²) in [6.45, 7) is 0.557. The summed E-state index contributed by atoms with van der Waals surface area (Å²) >= 11 is 5.83. The lowest BCUT2D eigenvalue weighted by atomic mass is 10.1. The van der Waals surface area contributed by atoms with Crippen molar-refractivity contribution in [2.45, 2.75) is 12.8 Å². The molecule has 0 fully saturated rings. The molecule has 5 N–H and O–H groups in total. The Hall–Kier alpha value is -3.38. The zero-order chi connectivity index (χ0) is 19.4. The van der Waals surface area contributed by atoms with Crippen LogP contribution in [0, 0.1) is 17.1 Å². The van der Waals surface area contributed by atoms with Crippen LogP contribution >= 0.6 is 11.6 Å². The number of halogens is 2. The Morgan fingerprint density at radius 3 is 2.63 bits per heavy atom. The molecule has 0 unspecified atom stereocenters. The van der Waals surface area contributed by atoms with Gasteiger partial charge in [0.15, 0.2) is 0 Å². The number of nitrogen functional groups attached to an aromatic ring is 2. The van der Waals surface area contributed by atoms with Crippen LogP contribution in [0.2, 0.25) is 5.15 Å². The molecule has 3 rings (SSSR count). The predicted octanol–water partition coefficient (Wildman–Crippen LogP) is 2.54. The molecule has 138 valence electrons. The van der Waals surface area contributed by atoms with Gasteiger partial charge >= 0.3 is 0 Å². The monoisotopic (exact) mass is 386 g/mol. The molecule has 1 aromatic carbocycles. The minimum Gasteiger partial charge on any atom is -0.382 e. The maximum atomic E-state index is 13.1. The van der Waals surface area contributed by atoms with E-state index in [1.165, 1.54) is 16.8 Å². The lowest BCUT2D eigenvalue weighted by Crippen LogP contribution is -2.07. The second-order valence-corrected chi connectivity index (χ2v) is 6.06. The van der Waals surface area contributed by atoms with Gasteiger partial charge in [-0.3, -0.25) is 0 Å². The number of rotatable bonds is 6. The molecule has 8 nitrogen and oxygen atoms in total. The van der Waals surface area contributed by atoms with Crippen molar-refractivity contribution in [3.05, 3.63) is 52.6 Å². The zero-order valence-electron chi connectivity index (χ0n) is 14.2. The molecular formula is C17H16ClFN8. The van der Waals surface area contributed by atoms with Crippen LogP contribution in [0.15, 0.2) is 30.3 Å². The third-order valence-electron chi connectivity index (χ3n) is 3.79. The molecule has 0 aliphatic heterocycles. The third-order valence-corrected chi connectivity index (χ3v) is 3.98. The number of hydrogen-bond donors (Lipinski definition) is 3. The zero-order valence-corrected chi connectivity index (χ0v) is 14.9. The van der Waals surface area contributed by atoms with E-state index in [1.54, 1.807) is 18.2 Å². The van der Waals surface area contributed by atoms with Gasteiger partial charge in [-0.2, -0.15) is 15.3 Å². The molecule has 2 aromatic heterocycles. The fourth-order valence-corrected chi connectivity index (χ4v) is 2.74. The van der Waals surface area contributed by atoms with Gasteiger partial charge < -0.3 is 16.8 Å². The van der Waals surface area contributed by atoms with Crippen LogP contribution in [0.4, 0.5) is 22.0 Å². The lowest BCUT2D eigenvalue weighted by molar-refractivity contribution is 0.627. The molecule has 2 heterocycles. The number of anilines is 3. The summed E-state index contributed by atoms with van der Waals surface area (Å²) in [6.07, 6.45) is 1.18. The summed E-state index contributed by atoms with van der Waals surface area (Å²) in [5, 5.41) is 17.1. The molecule has 0 aliphatic carbocycles. The summed E-state index contributed by atoms with van der Waals surface area (Å²) in [5.41, 5.74) is 13.0. The molecule has 0 spiro atoms. The SMILES string of the molecule is N#Cc1c(CCCNc2cc(Cl)nc(N)n2)nn(-c2ccc(F)cc2)c1N. The summed E-state index contributed by atoms with van der Waals surface area (Å²) in [5.74, 6) is 0.469. The Morgan fingerprint density at radius 2 is 1.96 bits per heavy atom. The molecule has 27 heavy (non-hydrogen) atoms. The van der Waals surface area contributed by atoms with Gasteiger partial charge in [-0.15, -0.1) is 0 Å². The first-order valence-corrected chi connectivity index (χ1v) is 8.43. The van der Waals surface area contributed by atoms with Gasteiger partial charge in [-0.1, -0.05) is 11.6 Å².